The molecule has 1 fully saturated rings. The second kappa shape index (κ2) is 5.91. The van der Waals surface area contributed by atoms with Gasteiger partial charge in [-0.05, 0) is 75.0 Å². The number of rotatable bonds is 1. The van der Waals surface area contributed by atoms with E-state index >= 15 is 0 Å². The number of aromatic nitrogens is 2. The molecule has 0 spiro atoms. The quantitative estimate of drug-likeness (QED) is 0.691. The summed E-state index contributed by atoms with van der Waals surface area (Å²) in [5, 5.41) is 4.41. The van der Waals surface area contributed by atoms with Crippen molar-refractivity contribution in [3.8, 4) is 5.69 Å². The first-order valence-corrected chi connectivity index (χ1v) is 9.94. The van der Waals surface area contributed by atoms with E-state index in [4.69, 9.17) is 11.6 Å². The predicted molar refractivity (Wildman–Crippen MR) is 109 cm³/mol. The molecular formula is C22H22ClN3O. The molecule has 3 heterocycles. The second-order valence-electron chi connectivity index (χ2n) is 8.10. The van der Waals surface area contributed by atoms with E-state index in [2.05, 4.69) is 46.9 Å². The molecule has 5 rings (SSSR count). The van der Waals surface area contributed by atoms with Gasteiger partial charge in [0.2, 0.25) is 0 Å². The monoisotopic (exact) mass is 379 g/mol. The van der Waals surface area contributed by atoms with E-state index in [-0.39, 0.29) is 11.0 Å². The minimum atomic E-state index is -0.327. The van der Waals surface area contributed by atoms with E-state index in [9.17, 15) is 4.79 Å². The number of fused-ring (bicyclic) bond motifs is 5. The fourth-order valence-corrected chi connectivity index (χ4v) is 5.15. The van der Waals surface area contributed by atoms with Crippen molar-refractivity contribution in [3.05, 3.63) is 68.7 Å². The third kappa shape index (κ3) is 2.33. The van der Waals surface area contributed by atoms with Crippen molar-refractivity contribution >= 4 is 22.5 Å². The molecule has 0 atom stereocenters. The number of benzene rings is 2. The van der Waals surface area contributed by atoms with Crippen molar-refractivity contribution in [1.82, 2.24) is 14.9 Å². The van der Waals surface area contributed by atoms with Crippen molar-refractivity contribution in [2.45, 2.75) is 38.0 Å². The molecule has 1 saturated heterocycles. The summed E-state index contributed by atoms with van der Waals surface area (Å²) in [6.45, 7) is 6.46. The fourth-order valence-electron chi connectivity index (χ4n) is 4.90. The largest absolute Gasteiger partial charge is 0.317 e. The fraction of sp³-hybridized carbons (Fsp3) is 0.364. The third-order valence-electron chi connectivity index (χ3n) is 6.14. The normalized spacial score (nSPS) is 18.5. The van der Waals surface area contributed by atoms with Crippen LogP contribution >= 0.6 is 11.6 Å². The van der Waals surface area contributed by atoms with Gasteiger partial charge in [-0.15, -0.1) is 0 Å². The first kappa shape index (κ1) is 17.0. The molecule has 4 nitrogen and oxygen atoms in total. The summed E-state index contributed by atoms with van der Waals surface area (Å²) in [4.78, 5) is 17.3. The molecule has 0 aliphatic carbocycles. The number of halogens is 1. The SMILES string of the molecule is CC1(C)c2c(C3CCNCC3)cccc2-n2c1nc(=O)c1c(Cl)cccc12. The van der Waals surface area contributed by atoms with Gasteiger partial charge in [0.25, 0.3) is 5.56 Å². The summed E-state index contributed by atoms with van der Waals surface area (Å²) < 4.78 is 2.14. The average Bonchev–Trinajstić information content (AvgIpc) is 2.90. The Labute approximate surface area is 163 Å². The van der Waals surface area contributed by atoms with E-state index in [0.29, 0.717) is 16.3 Å². The van der Waals surface area contributed by atoms with Crippen LogP contribution in [0.25, 0.3) is 16.6 Å². The summed E-state index contributed by atoms with van der Waals surface area (Å²) in [6.07, 6.45) is 2.28. The van der Waals surface area contributed by atoms with Gasteiger partial charge in [0.15, 0.2) is 0 Å². The molecule has 138 valence electrons. The average molecular weight is 380 g/mol. The van der Waals surface area contributed by atoms with Gasteiger partial charge in [-0.1, -0.05) is 29.8 Å². The standard InChI is InChI=1S/C22H22ClN3O/c1-22(2)19-14(13-9-11-24-12-10-13)5-3-8-17(19)26-16-7-4-6-15(23)18(16)20(27)25-21(22)26/h3-8,13,24H,9-12H2,1-2H3. The smallest absolute Gasteiger partial charge is 0.282 e. The predicted octanol–water partition coefficient (Wildman–Crippen LogP) is 4.15. The highest BCUT2D eigenvalue weighted by molar-refractivity contribution is 6.35. The van der Waals surface area contributed by atoms with E-state index in [0.717, 1.165) is 43.0 Å². The van der Waals surface area contributed by atoms with Crippen LogP contribution in [0.4, 0.5) is 0 Å². The lowest BCUT2D eigenvalue weighted by atomic mass is 9.77. The number of hydrogen-bond donors (Lipinski definition) is 1. The third-order valence-corrected chi connectivity index (χ3v) is 6.46. The summed E-state index contributed by atoms with van der Waals surface area (Å²) in [6, 6.07) is 12.2. The van der Waals surface area contributed by atoms with Crippen molar-refractivity contribution in [3.63, 3.8) is 0 Å². The number of hydrogen-bond acceptors (Lipinski definition) is 3. The molecular weight excluding hydrogens is 358 g/mol. The number of piperidine rings is 1. The summed E-state index contributed by atoms with van der Waals surface area (Å²) in [5.74, 6) is 1.34. The summed E-state index contributed by atoms with van der Waals surface area (Å²) in [7, 11) is 0. The van der Waals surface area contributed by atoms with Crippen molar-refractivity contribution < 1.29 is 0 Å². The maximum atomic E-state index is 12.8. The van der Waals surface area contributed by atoms with Crippen LogP contribution in [-0.4, -0.2) is 22.6 Å². The lowest BCUT2D eigenvalue weighted by Crippen LogP contribution is -2.29. The Bertz CT molecular complexity index is 1130. The molecule has 0 amide bonds. The Morgan fingerprint density at radius 3 is 2.67 bits per heavy atom. The molecule has 0 bridgehead atoms. The molecule has 2 aliphatic rings. The maximum Gasteiger partial charge on any atom is 0.282 e. The molecule has 0 unspecified atom stereocenters. The molecule has 27 heavy (non-hydrogen) atoms. The molecule has 1 aromatic heterocycles. The van der Waals surface area contributed by atoms with Crippen LogP contribution < -0.4 is 10.9 Å². The Kier molecular flexibility index (Phi) is 3.72. The van der Waals surface area contributed by atoms with E-state index in [1.54, 1.807) is 6.07 Å². The van der Waals surface area contributed by atoms with Gasteiger partial charge in [-0.25, -0.2) is 0 Å². The molecule has 5 heteroatoms. The molecule has 0 saturated carbocycles. The molecule has 0 radical (unpaired) electrons. The zero-order valence-electron chi connectivity index (χ0n) is 15.6. The Morgan fingerprint density at radius 2 is 1.89 bits per heavy atom. The van der Waals surface area contributed by atoms with E-state index < -0.39 is 0 Å². The lowest BCUT2D eigenvalue weighted by molar-refractivity contribution is 0.453. The minimum absolute atomic E-state index is 0.244. The number of nitrogens with zero attached hydrogens (tertiary/aromatic N) is 2. The Balaban J connectivity index is 1.86. The van der Waals surface area contributed by atoms with Gasteiger partial charge in [0.1, 0.15) is 5.82 Å². The summed E-state index contributed by atoms with van der Waals surface area (Å²) >= 11 is 6.35. The van der Waals surface area contributed by atoms with Crippen LogP contribution in [-0.2, 0) is 5.41 Å². The van der Waals surface area contributed by atoms with Crippen molar-refractivity contribution in [2.75, 3.05) is 13.1 Å². The van der Waals surface area contributed by atoms with Gasteiger partial charge in [0.05, 0.1) is 27.0 Å². The molecule has 2 aliphatic heterocycles. The van der Waals surface area contributed by atoms with Crippen LogP contribution in [0.5, 0.6) is 0 Å². The zero-order chi connectivity index (χ0) is 18.8. The van der Waals surface area contributed by atoms with E-state index in [1.165, 1.54) is 11.1 Å². The summed E-state index contributed by atoms with van der Waals surface area (Å²) in [5.41, 5.74) is 4.10. The van der Waals surface area contributed by atoms with Crippen LogP contribution in [0.3, 0.4) is 0 Å². The van der Waals surface area contributed by atoms with Gasteiger partial charge in [0, 0.05) is 0 Å². The van der Waals surface area contributed by atoms with Crippen LogP contribution in [0, 0.1) is 0 Å². The second-order valence-corrected chi connectivity index (χ2v) is 8.51. The van der Waals surface area contributed by atoms with Crippen molar-refractivity contribution in [2.24, 2.45) is 0 Å². The van der Waals surface area contributed by atoms with Crippen LogP contribution in [0.1, 0.15) is 49.6 Å². The van der Waals surface area contributed by atoms with Crippen molar-refractivity contribution in [1.29, 1.82) is 0 Å². The highest BCUT2D eigenvalue weighted by Gasteiger charge is 2.41. The van der Waals surface area contributed by atoms with Crippen LogP contribution in [0.15, 0.2) is 41.2 Å². The minimum Gasteiger partial charge on any atom is -0.317 e. The molecule has 3 aromatic rings. The maximum absolute atomic E-state index is 12.8. The Hall–Kier alpha value is -2.17. The zero-order valence-corrected chi connectivity index (χ0v) is 16.3. The molecule has 2 aromatic carbocycles. The Morgan fingerprint density at radius 1 is 1.15 bits per heavy atom. The topological polar surface area (TPSA) is 46.9 Å². The highest BCUT2D eigenvalue weighted by Crippen LogP contribution is 2.47. The van der Waals surface area contributed by atoms with Gasteiger partial charge in [-0.2, -0.15) is 4.98 Å². The number of nitrogens with one attached hydrogen (secondary N) is 1. The van der Waals surface area contributed by atoms with Gasteiger partial charge >= 0.3 is 0 Å². The van der Waals surface area contributed by atoms with Gasteiger partial charge in [-0.3, -0.25) is 9.36 Å². The van der Waals surface area contributed by atoms with Gasteiger partial charge < -0.3 is 5.32 Å². The molecule has 1 N–H and O–H groups in total. The lowest BCUT2D eigenvalue weighted by Gasteiger charge is -2.28. The van der Waals surface area contributed by atoms with Crippen LogP contribution in [0.2, 0.25) is 5.02 Å². The highest BCUT2D eigenvalue weighted by atomic mass is 35.5. The first-order chi connectivity index (χ1) is 13.0. The van der Waals surface area contributed by atoms with E-state index in [1.807, 2.05) is 12.1 Å². The first-order valence-electron chi connectivity index (χ1n) is 9.56.